The molecule has 1 aliphatic heterocycles. The molecule has 1 heterocycles. The molecule has 36 heavy (non-hydrogen) atoms. The standard InChI is InChI=1S/C31H55N2OP.Ru/c1-6-34-23-29-28(31-32(24(2)3)21-14-22-33(31)25(4)5)19-13-20-30(29)35(26-15-9-7-10-16-26)27-17-11-8-12-18-27;/h23-27,30H,6-22H2,1-5H3;. The van der Waals surface area contributed by atoms with Crippen LogP contribution in [0.3, 0.4) is 0 Å². The summed E-state index contributed by atoms with van der Waals surface area (Å²) in [4.78, 5) is 5.48. The summed E-state index contributed by atoms with van der Waals surface area (Å²) in [7, 11) is 0.00264. The molecule has 0 amide bonds. The molecule has 3 nitrogen and oxygen atoms in total. The molecule has 0 spiro atoms. The Morgan fingerprint density at radius 3 is 1.78 bits per heavy atom. The maximum Gasteiger partial charge on any atom is 0.108 e. The molecule has 3 aliphatic carbocycles. The quantitative estimate of drug-likeness (QED) is 0.165. The van der Waals surface area contributed by atoms with Gasteiger partial charge in [-0.3, -0.25) is 0 Å². The molecule has 0 bridgehead atoms. The van der Waals surface area contributed by atoms with Crippen molar-refractivity contribution in [3.05, 3.63) is 23.2 Å². The van der Waals surface area contributed by atoms with E-state index < -0.39 is 0 Å². The maximum atomic E-state index is 6.22. The molecular formula is C31H55N2OPRu. The van der Waals surface area contributed by atoms with Crippen molar-refractivity contribution in [2.45, 2.75) is 154 Å². The van der Waals surface area contributed by atoms with Crippen molar-refractivity contribution in [1.29, 1.82) is 0 Å². The van der Waals surface area contributed by atoms with E-state index >= 15 is 0 Å². The Bertz CT molecular complexity index is 688. The zero-order valence-corrected chi connectivity index (χ0v) is 26.7. The minimum absolute atomic E-state index is 0. The first-order valence-corrected chi connectivity index (χ1v) is 16.9. The minimum Gasteiger partial charge on any atom is -0.501 e. The van der Waals surface area contributed by atoms with Gasteiger partial charge in [0, 0.05) is 55.9 Å². The molecule has 0 aromatic heterocycles. The summed E-state index contributed by atoms with van der Waals surface area (Å²) in [6, 6.07) is 1.09. The molecule has 4 fully saturated rings. The maximum absolute atomic E-state index is 6.22. The van der Waals surface area contributed by atoms with Crippen molar-refractivity contribution in [2.24, 2.45) is 0 Å². The van der Waals surface area contributed by atoms with Crippen LogP contribution in [0.25, 0.3) is 0 Å². The normalized spacial score (nSPS) is 26.3. The average molecular weight is 604 g/mol. The third kappa shape index (κ3) is 7.11. The summed E-state index contributed by atoms with van der Waals surface area (Å²) in [6.07, 6.45) is 22.4. The molecular weight excluding hydrogens is 548 g/mol. The van der Waals surface area contributed by atoms with Crippen LogP contribution in [-0.2, 0) is 24.2 Å². The summed E-state index contributed by atoms with van der Waals surface area (Å²) >= 11 is 0. The van der Waals surface area contributed by atoms with Gasteiger partial charge in [-0.15, -0.1) is 0 Å². The van der Waals surface area contributed by atoms with E-state index in [2.05, 4.69) is 50.7 Å². The van der Waals surface area contributed by atoms with E-state index in [0.717, 1.165) is 23.6 Å². The Hall–Kier alpha value is -0.0666. The van der Waals surface area contributed by atoms with Gasteiger partial charge < -0.3 is 14.5 Å². The van der Waals surface area contributed by atoms with Gasteiger partial charge in [0.15, 0.2) is 0 Å². The van der Waals surface area contributed by atoms with Crippen molar-refractivity contribution in [3.8, 4) is 0 Å². The molecule has 4 rings (SSSR count). The van der Waals surface area contributed by atoms with Crippen molar-refractivity contribution >= 4 is 7.92 Å². The van der Waals surface area contributed by atoms with E-state index in [0.29, 0.717) is 12.1 Å². The van der Waals surface area contributed by atoms with Gasteiger partial charge in [-0.2, -0.15) is 0 Å². The Morgan fingerprint density at radius 1 is 0.778 bits per heavy atom. The monoisotopic (exact) mass is 604 g/mol. The number of allylic oxidation sites excluding steroid dienone is 2. The van der Waals surface area contributed by atoms with Gasteiger partial charge in [0.05, 0.1) is 12.9 Å². The minimum atomic E-state index is 0. The molecule has 1 atom stereocenters. The Labute approximate surface area is 237 Å². The summed E-state index contributed by atoms with van der Waals surface area (Å²) < 4.78 is 6.22. The fraction of sp³-hybridized carbons (Fsp3) is 0.871. The number of nitrogens with zero attached hydrogens (tertiary/aromatic N) is 2. The molecule has 3 saturated carbocycles. The largest absolute Gasteiger partial charge is 0.501 e. The molecule has 1 unspecified atom stereocenters. The third-order valence-corrected chi connectivity index (χ3v) is 13.2. The van der Waals surface area contributed by atoms with E-state index in [-0.39, 0.29) is 27.4 Å². The fourth-order valence-corrected chi connectivity index (χ4v) is 12.1. The third-order valence-electron chi connectivity index (χ3n) is 9.20. The number of rotatable bonds is 7. The average Bonchev–Trinajstić information content (AvgIpc) is 2.88. The van der Waals surface area contributed by atoms with Crippen LogP contribution in [0.4, 0.5) is 0 Å². The topological polar surface area (TPSA) is 15.7 Å². The first-order valence-electron chi connectivity index (χ1n) is 15.4. The van der Waals surface area contributed by atoms with Crippen LogP contribution in [0, 0.1) is 0 Å². The van der Waals surface area contributed by atoms with E-state index in [1.807, 2.05) is 0 Å². The summed E-state index contributed by atoms with van der Waals surface area (Å²) in [5.74, 6) is 1.57. The van der Waals surface area contributed by atoms with Crippen molar-refractivity contribution in [2.75, 3.05) is 19.7 Å². The molecule has 0 aromatic carbocycles. The van der Waals surface area contributed by atoms with Crippen LogP contribution in [0.2, 0.25) is 0 Å². The van der Waals surface area contributed by atoms with Crippen LogP contribution >= 0.6 is 7.92 Å². The first-order chi connectivity index (χ1) is 17.0. The predicted octanol–water partition coefficient (Wildman–Crippen LogP) is 8.64. The molecule has 0 N–H and O–H groups in total. The molecule has 5 heteroatoms. The van der Waals surface area contributed by atoms with E-state index in [9.17, 15) is 0 Å². The van der Waals surface area contributed by atoms with Gasteiger partial charge in [0.2, 0.25) is 0 Å². The van der Waals surface area contributed by atoms with Crippen molar-refractivity contribution < 1.29 is 24.2 Å². The molecule has 208 valence electrons. The van der Waals surface area contributed by atoms with E-state index in [1.54, 1.807) is 17.0 Å². The fourth-order valence-electron chi connectivity index (χ4n) is 7.55. The van der Waals surface area contributed by atoms with Gasteiger partial charge in [-0.1, -0.05) is 46.4 Å². The molecule has 0 radical (unpaired) electrons. The van der Waals surface area contributed by atoms with Gasteiger partial charge in [-0.05, 0) is 103 Å². The van der Waals surface area contributed by atoms with Crippen LogP contribution in [0.15, 0.2) is 23.2 Å². The van der Waals surface area contributed by atoms with Crippen molar-refractivity contribution in [3.63, 3.8) is 0 Å². The number of hydrogen-bond acceptors (Lipinski definition) is 3. The van der Waals surface area contributed by atoms with Gasteiger partial charge in [-0.25, -0.2) is 0 Å². The van der Waals surface area contributed by atoms with Crippen LogP contribution < -0.4 is 0 Å². The van der Waals surface area contributed by atoms with Crippen LogP contribution in [0.1, 0.15) is 125 Å². The van der Waals surface area contributed by atoms with Gasteiger partial charge in [0.25, 0.3) is 0 Å². The summed E-state index contributed by atoms with van der Waals surface area (Å²) in [6.45, 7) is 14.9. The first kappa shape index (κ1) is 30.5. The second-order valence-electron chi connectivity index (χ2n) is 12.2. The molecule has 4 aliphatic rings. The summed E-state index contributed by atoms with van der Waals surface area (Å²) in [5, 5.41) is 0. The zero-order chi connectivity index (χ0) is 24.8. The Kier molecular flexibility index (Phi) is 12.6. The summed E-state index contributed by atoms with van der Waals surface area (Å²) in [5.41, 5.74) is 6.04. The smallest absolute Gasteiger partial charge is 0.108 e. The Balaban J connectivity index is 0.00000361. The predicted molar refractivity (Wildman–Crippen MR) is 153 cm³/mol. The second-order valence-corrected chi connectivity index (χ2v) is 15.2. The van der Waals surface area contributed by atoms with Gasteiger partial charge >= 0.3 is 0 Å². The molecule has 1 saturated heterocycles. The Morgan fingerprint density at radius 2 is 1.31 bits per heavy atom. The van der Waals surface area contributed by atoms with Gasteiger partial charge in [0.1, 0.15) is 5.82 Å². The number of ether oxygens (including phenoxy) is 1. The zero-order valence-electron chi connectivity index (χ0n) is 24.1. The number of hydrogen-bond donors (Lipinski definition) is 0. The van der Waals surface area contributed by atoms with Crippen molar-refractivity contribution in [1.82, 2.24) is 9.80 Å². The molecule has 0 aromatic rings. The van der Waals surface area contributed by atoms with E-state index in [4.69, 9.17) is 4.74 Å². The SMILES string of the molecule is CCOC=C1C(=C2N(C(C)C)CCCN2C(C)C)CCCC1P(C1CCCCC1)C1CCCCC1.[Ru]. The van der Waals surface area contributed by atoms with Crippen LogP contribution in [0.5, 0.6) is 0 Å². The van der Waals surface area contributed by atoms with E-state index in [1.165, 1.54) is 103 Å². The van der Waals surface area contributed by atoms with Crippen LogP contribution in [-0.4, -0.2) is 58.6 Å². The second kappa shape index (κ2) is 14.9.